The van der Waals surface area contributed by atoms with Crippen LogP contribution in [0.5, 0.6) is 23.0 Å². The van der Waals surface area contributed by atoms with E-state index < -0.39 is 39.6 Å². The highest BCUT2D eigenvalue weighted by Crippen LogP contribution is 2.62. The van der Waals surface area contributed by atoms with Gasteiger partial charge < -0.3 is 43.6 Å². The van der Waals surface area contributed by atoms with Crippen molar-refractivity contribution in [1.82, 2.24) is 4.90 Å². The minimum Gasteiger partial charge on any atom is -0.497 e. The van der Waals surface area contributed by atoms with Crippen molar-refractivity contribution in [2.75, 3.05) is 45.9 Å². The molecule has 1 saturated carbocycles. The van der Waals surface area contributed by atoms with Crippen molar-refractivity contribution in [1.29, 1.82) is 0 Å². The first-order chi connectivity index (χ1) is 35.9. The number of aliphatic hydroxyl groups is 2. The number of fused-ring (bicyclic) bond motifs is 2. The zero-order chi connectivity index (χ0) is 52.8. The molecule has 0 unspecified atom stereocenters. The second-order valence-electron chi connectivity index (χ2n) is 18.3. The zero-order valence-electron chi connectivity index (χ0n) is 41.8. The highest BCUT2D eigenvalue weighted by atomic mass is 16.7. The largest absolute Gasteiger partial charge is 0.497 e. The Bertz CT molecular complexity index is 2730. The number of unbranched alkanes of at least 4 members (excludes halogenated alkanes) is 2. The number of allylic oxidation sites excluding steroid dienone is 1. The molecule has 1 heterocycles. The average Bonchev–Trinajstić information content (AvgIpc) is 3.46. The number of rotatable bonds is 25. The van der Waals surface area contributed by atoms with Gasteiger partial charge in [0.15, 0.2) is 0 Å². The molecule has 4 aromatic carbocycles. The van der Waals surface area contributed by atoms with Gasteiger partial charge in [0, 0.05) is 74.1 Å². The summed E-state index contributed by atoms with van der Waals surface area (Å²) < 4.78 is 31.2. The number of carbonyl (C=O) groups excluding carboxylic acids is 2. The second-order valence-corrected chi connectivity index (χ2v) is 18.3. The smallest absolute Gasteiger partial charge is 0.417 e. The Labute approximate surface area is 429 Å². The van der Waals surface area contributed by atoms with E-state index in [4.69, 9.17) is 33.7 Å². The van der Waals surface area contributed by atoms with Crippen LogP contribution in [0.15, 0.2) is 120 Å². The summed E-state index contributed by atoms with van der Waals surface area (Å²) in [6.45, 7) is 6.18. The molecule has 19 nitrogen and oxygen atoms in total. The monoisotopic (exact) mass is 1020 g/mol. The number of hydrogen-bond donors (Lipinski definition) is 3. The average molecular weight is 1020 g/mol. The molecule has 3 aliphatic rings. The van der Waals surface area contributed by atoms with Crippen LogP contribution in [0.25, 0.3) is 6.08 Å². The topological polar surface area (TPSA) is 244 Å². The molecule has 0 spiro atoms. The lowest BCUT2D eigenvalue weighted by molar-refractivity contribution is -0.385. The van der Waals surface area contributed by atoms with Crippen LogP contribution in [-0.2, 0) is 21.0 Å². The molecule has 0 saturated heterocycles. The molecular formula is C55H63N5O14. The van der Waals surface area contributed by atoms with Crippen LogP contribution in [0.3, 0.4) is 0 Å². The van der Waals surface area contributed by atoms with Crippen molar-refractivity contribution in [3.8, 4) is 23.0 Å². The predicted molar refractivity (Wildman–Crippen MR) is 276 cm³/mol. The number of hydrogen-bond acceptors (Lipinski definition) is 15. The molecule has 0 radical (unpaired) electrons. The highest BCUT2D eigenvalue weighted by molar-refractivity contribution is 6.03. The molecule has 1 fully saturated rings. The number of amides is 2. The molecule has 0 aromatic heterocycles. The SMILES string of the molecule is C=CCO[C@@]12Oc3ccc(OC(=O)Nc4ccc(OC)cc4OC)cc3[C@H]3[C@H](CCCCO)[C@@H](CCCCO)C=C(C(=NOCc4ccc([N+](=O)[O-])cc4)C[C@@H]1N(CCC)C(=O)C=Cc1ccc([N+](=O)[O-])cc1)[C@H]32. The van der Waals surface area contributed by atoms with Crippen molar-refractivity contribution in [2.45, 2.75) is 82.6 Å². The Morgan fingerprint density at radius 1 is 0.905 bits per heavy atom. The molecular weight excluding hydrogens is 955 g/mol. The maximum Gasteiger partial charge on any atom is 0.417 e. The third-order valence-corrected chi connectivity index (χ3v) is 13.7. The van der Waals surface area contributed by atoms with Gasteiger partial charge in [0.1, 0.15) is 35.6 Å². The molecule has 392 valence electrons. The lowest BCUT2D eigenvalue weighted by Gasteiger charge is -2.60. The summed E-state index contributed by atoms with van der Waals surface area (Å²) >= 11 is 0. The zero-order valence-corrected chi connectivity index (χ0v) is 41.8. The number of aliphatic hydroxyl groups excluding tert-OH is 2. The van der Waals surface area contributed by atoms with Gasteiger partial charge in [-0.2, -0.15) is 0 Å². The van der Waals surface area contributed by atoms with E-state index in [1.807, 2.05) is 6.92 Å². The number of non-ortho nitro benzene ring substituents is 2. The van der Waals surface area contributed by atoms with Gasteiger partial charge in [0.05, 0.1) is 48.0 Å². The van der Waals surface area contributed by atoms with Crippen molar-refractivity contribution in [2.24, 2.45) is 22.9 Å². The van der Waals surface area contributed by atoms with Gasteiger partial charge in [0.25, 0.3) is 11.4 Å². The standard InChI is InChI=1S/C55H63N5O14/c1-5-27-58(51(63)26-17-36-13-18-39(19-14-36)59(65)66)50-34-47(57-72-35-37-15-20-40(21-16-37)60(67)68)44-31-38(11-7-9-28-61)43(12-8-10-29-62)52-45-32-42(23-25-48(45)74-55(50,53(44)52)71-30-6-2)73-54(64)56-46-24-22-41(69-3)33-49(46)70-4/h6,13-26,31-33,38,43,50,52-53,61-62H,2,5,7-12,27-30,34-35H2,1,3-4H3,(H,56,64)/t38-,43+,50-,52+,53+,55+/m0/s1. The van der Waals surface area contributed by atoms with E-state index in [2.05, 4.69) is 18.0 Å². The summed E-state index contributed by atoms with van der Waals surface area (Å²) in [7, 11) is 3.00. The van der Waals surface area contributed by atoms with E-state index in [0.29, 0.717) is 90.3 Å². The molecule has 6 atom stereocenters. The Balaban J connectivity index is 1.39. The number of oxime groups is 1. The second kappa shape index (κ2) is 25.4. The van der Waals surface area contributed by atoms with E-state index in [-0.39, 0.29) is 74.3 Å². The minimum absolute atomic E-state index is 0.00959. The van der Waals surface area contributed by atoms with Gasteiger partial charge >= 0.3 is 6.09 Å². The summed E-state index contributed by atoms with van der Waals surface area (Å²) in [5, 5.41) is 50.5. The van der Waals surface area contributed by atoms with Crippen LogP contribution < -0.4 is 24.3 Å². The lowest BCUT2D eigenvalue weighted by atomic mass is 9.55. The Morgan fingerprint density at radius 2 is 1.59 bits per heavy atom. The van der Waals surface area contributed by atoms with Gasteiger partial charge in [-0.25, -0.2) is 4.79 Å². The van der Waals surface area contributed by atoms with Crippen LogP contribution >= 0.6 is 0 Å². The van der Waals surface area contributed by atoms with Crippen molar-refractivity contribution >= 4 is 40.9 Å². The number of methoxy groups -OCH3 is 2. The van der Waals surface area contributed by atoms with E-state index in [1.54, 1.807) is 77.7 Å². The predicted octanol–water partition coefficient (Wildman–Crippen LogP) is 9.92. The lowest BCUT2D eigenvalue weighted by Crippen LogP contribution is -2.70. The first kappa shape index (κ1) is 54.2. The van der Waals surface area contributed by atoms with Gasteiger partial charge in [-0.05, 0) is 121 Å². The number of ether oxygens (including phenoxy) is 5. The van der Waals surface area contributed by atoms with Crippen molar-refractivity contribution in [3.63, 3.8) is 0 Å². The number of nitro benzene ring substituents is 2. The van der Waals surface area contributed by atoms with Gasteiger partial charge in [-0.1, -0.05) is 37.1 Å². The molecule has 74 heavy (non-hydrogen) atoms. The van der Waals surface area contributed by atoms with Crippen LogP contribution in [0, 0.1) is 38.0 Å². The fourth-order valence-electron chi connectivity index (χ4n) is 10.4. The summed E-state index contributed by atoms with van der Waals surface area (Å²) in [5.74, 6) is -1.85. The summed E-state index contributed by atoms with van der Waals surface area (Å²) in [5.41, 5.74) is 3.39. The molecule has 4 aromatic rings. The van der Waals surface area contributed by atoms with E-state index >= 15 is 0 Å². The number of carbonyl (C=O) groups is 2. The number of anilines is 1. The maximum atomic E-state index is 14.9. The third kappa shape index (κ3) is 12.4. The number of benzene rings is 4. The Hall–Kier alpha value is -7.61. The first-order valence-corrected chi connectivity index (χ1v) is 24.8. The minimum atomic E-state index is -1.60. The summed E-state index contributed by atoms with van der Waals surface area (Å²) in [6.07, 6.45) is 10.5. The number of nitrogens with one attached hydrogen (secondary N) is 1. The fourth-order valence-corrected chi connectivity index (χ4v) is 10.4. The molecule has 2 amide bonds. The number of nitrogens with zero attached hydrogens (tertiary/aromatic N) is 4. The van der Waals surface area contributed by atoms with Crippen LogP contribution in [0.1, 0.15) is 80.9 Å². The van der Waals surface area contributed by atoms with Gasteiger partial charge in [-0.15, -0.1) is 6.58 Å². The molecule has 2 aliphatic carbocycles. The highest BCUT2D eigenvalue weighted by Gasteiger charge is 2.65. The van der Waals surface area contributed by atoms with E-state index in [0.717, 1.165) is 5.57 Å². The Morgan fingerprint density at radius 3 is 2.24 bits per heavy atom. The molecule has 7 rings (SSSR count). The fraction of sp³-hybridized carbons (Fsp3) is 0.400. The maximum absolute atomic E-state index is 14.9. The summed E-state index contributed by atoms with van der Waals surface area (Å²) in [4.78, 5) is 58.3. The van der Waals surface area contributed by atoms with Crippen LogP contribution in [0.2, 0.25) is 0 Å². The quantitative estimate of drug-likeness (QED) is 0.0184. The summed E-state index contributed by atoms with van der Waals surface area (Å²) in [6, 6.07) is 21.1. The van der Waals surface area contributed by atoms with Gasteiger partial charge in [-0.3, -0.25) is 30.3 Å². The van der Waals surface area contributed by atoms with Crippen molar-refractivity contribution in [3.05, 3.63) is 152 Å². The van der Waals surface area contributed by atoms with E-state index in [1.165, 1.54) is 44.6 Å². The van der Waals surface area contributed by atoms with Crippen LogP contribution in [0.4, 0.5) is 21.9 Å². The normalized spacial score (nSPS) is 21.1. The van der Waals surface area contributed by atoms with E-state index in [9.17, 15) is 40.0 Å². The van der Waals surface area contributed by atoms with Crippen molar-refractivity contribution < 1.29 is 58.2 Å². The molecule has 0 bridgehead atoms. The molecule has 3 N–H and O–H groups in total. The number of nitro groups is 2. The Kier molecular flexibility index (Phi) is 18.6. The molecule has 19 heteroatoms. The first-order valence-electron chi connectivity index (χ1n) is 24.8. The molecule has 1 aliphatic heterocycles. The van der Waals surface area contributed by atoms with Gasteiger partial charge in [0.2, 0.25) is 11.7 Å². The van der Waals surface area contributed by atoms with Crippen LogP contribution in [-0.4, -0.2) is 95.1 Å². The third-order valence-electron chi connectivity index (χ3n) is 13.7.